The third-order valence-electron chi connectivity index (χ3n) is 12.2. The first kappa shape index (κ1) is 44.1. The Bertz CT molecular complexity index is 1760. The third-order valence-corrected chi connectivity index (χ3v) is 14.0. The lowest BCUT2D eigenvalue weighted by atomic mass is 9.85. The van der Waals surface area contributed by atoms with E-state index in [0.29, 0.717) is 34.8 Å². The molecule has 0 radical (unpaired) electrons. The van der Waals surface area contributed by atoms with Crippen LogP contribution >= 0.6 is 0 Å². The number of nitrogens with zero attached hydrogens (tertiary/aromatic N) is 4. The number of anilines is 1. The first-order chi connectivity index (χ1) is 26.6. The average molecular weight is 798 g/mol. The molecule has 3 aromatic rings. The van der Waals surface area contributed by atoms with Gasteiger partial charge in [0.25, 0.3) is 0 Å². The fourth-order valence-corrected chi connectivity index (χ4v) is 9.84. The lowest BCUT2D eigenvalue weighted by Gasteiger charge is -2.37. The molecule has 0 spiro atoms. The maximum atomic E-state index is 13.2. The molecule has 2 aromatic heterocycles. The van der Waals surface area contributed by atoms with E-state index in [2.05, 4.69) is 49.6 Å². The number of imidazole rings is 1. The van der Waals surface area contributed by atoms with E-state index in [9.17, 15) is 15.0 Å². The van der Waals surface area contributed by atoms with Gasteiger partial charge in [-0.15, -0.1) is 0 Å². The molecule has 0 aliphatic carbocycles. The van der Waals surface area contributed by atoms with Crippen LogP contribution in [0.5, 0.6) is 11.5 Å². The van der Waals surface area contributed by atoms with Gasteiger partial charge in [-0.3, -0.25) is 4.57 Å². The van der Waals surface area contributed by atoms with Gasteiger partial charge in [0, 0.05) is 6.42 Å². The molecule has 4 unspecified atom stereocenters. The molecule has 2 aliphatic rings. The van der Waals surface area contributed by atoms with Crippen LogP contribution in [0.4, 0.5) is 5.82 Å². The van der Waals surface area contributed by atoms with E-state index in [-0.39, 0.29) is 22.3 Å². The number of rotatable bonds is 20. The van der Waals surface area contributed by atoms with Crippen LogP contribution in [-0.4, -0.2) is 83.4 Å². The number of hydrogen-bond donors (Lipinski definition) is 4. The number of hydrogen-bond acceptors (Lipinski definition) is 11. The van der Waals surface area contributed by atoms with Gasteiger partial charge in [-0.25, -0.2) is 19.7 Å². The Kier molecular flexibility index (Phi) is 15.5. The number of aliphatic hydroxyl groups is 2. The summed E-state index contributed by atoms with van der Waals surface area (Å²) in [6.07, 6.45) is 14.7. The Morgan fingerprint density at radius 2 is 1.68 bits per heavy atom. The van der Waals surface area contributed by atoms with Crippen LogP contribution in [0.2, 0.25) is 0 Å². The number of carbonyl (C=O) groups excluding carboxylic acids is 1. The highest BCUT2D eigenvalue weighted by atomic mass is 32.2. The number of fused-ring (bicyclic) bond motifs is 2. The molecule has 4 heterocycles. The second-order valence-corrected chi connectivity index (χ2v) is 19.9. The molecule has 13 heteroatoms. The van der Waals surface area contributed by atoms with Gasteiger partial charge in [-0.05, 0) is 97.9 Å². The van der Waals surface area contributed by atoms with Gasteiger partial charge in [-0.1, -0.05) is 72.6 Å². The molecule has 0 amide bonds. The minimum Gasteiger partial charge on any atom is -0.487 e. The summed E-state index contributed by atoms with van der Waals surface area (Å²) in [6, 6.07) is 1.15. The Morgan fingerprint density at radius 1 is 1.00 bits per heavy atom. The Balaban J connectivity index is 1.05. The number of ether oxygens (including phenoxy) is 3. The highest BCUT2D eigenvalue weighted by Gasteiger charge is 2.46. The third kappa shape index (κ3) is 11.2. The van der Waals surface area contributed by atoms with Gasteiger partial charge in [-0.2, -0.15) is 0 Å². The molecule has 2 aliphatic heterocycles. The Labute approximate surface area is 337 Å². The van der Waals surface area contributed by atoms with Crippen LogP contribution in [0, 0.1) is 31.6 Å². The molecule has 1 fully saturated rings. The number of esters is 1. The van der Waals surface area contributed by atoms with Gasteiger partial charge in [0.05, 0.1) is 12.6 Å². The number of aryl methyl sites for hydroxylation is 1. The predicted octanol–water partition coefficient (Wildman–Crippen LogP) is 6.74. The van der Waals surface area contributed by atoms with E-state index >= 15 is 0 Å². The molecule has 1 aromatic carbocycles. The fraction of sp³-hybridized carbons (Fsp3) is 0.721. The maximum Gasteiger partial charge on any atom is 0.328 e. The maximum absolute atomic E-state index is 13.2. The van der Waals surface area contributed by atoms with Crippen molar-refractivity contribution < 1.29 is 29.2 Å². The molecule has 9 atom stereocenters. The zero-order valence-corrected chi connectivity index (χ0v) is 35.9. The molecule has 12 nitrogen and oxygen atoms in total. The molecular formula is C43H69N6O6S+. The van der Waals surface area contributed by atoms with Crippen molar-refractivity contribution >= 4 is 33.8 Å². The second kappa shape index (κ2) is 19.7. The van der Waals surface area contributed by atoms with Crippen molar-refractivity contribution in [2.45, 2.75) is 162 Å². The molecule has 312 valence electrons. The fourth-order valence-electron chi connectivity index (χ4n) is 8.18. The lowest BCUT2D eigenvalue weighted by molar-refractivity contribution is -0.135. The van der Waals surface area contributed by atoms with Crippen molar-refractivity contribution in [3.05, 3.63) is 35.4 Å². The zero-order valence-electron chi connectivity index (χ0n) is 35.1. The van der Waals surface area contributed by atoms with Crippen molar-refractivity contribution in [3.63, 3.8) is 0 Å². The van der Waals surface area contributed by atoms with Crippen molar-refractivity contribution in [2.24, 2.45) is 23.5 Å². The lowest BCUT2D eigenvalue weighted by Crippen LogP contribution is -2.39. The van der Waals surface area contributed by atoms with Crippen LogP contribution in [0.25, 0.3) is 11.2 Å². The van der Waals surface area contributed by atoms with Gasteiger partial charge < -0.3 is 35.9 Å². The van der Waals surface area contributed by atoms with E-state index in [1.165, 1.54) is 57.6 Å². The molecule has 0 bridgehead atoms. The normalized spacial score (nSPS) is 24.5. The van der Waals surface area contributed by atoms with Crippen molar-refractivity contribution in [1.29, 1.82) is 0 Å². The van der Waals surface area contributed by atoms with Crippen LogP contribution < -0.4 is 20.9 Å². The topological polar surface area (TPSA) is 181 Å². The quantitative estimate of drug-likeness (QED) is 0.0540. The highest BCUT2D eigenvalue weighted by Crippen LogP contribution is 2.43. The number of nitrogen functional groups attached to an aromatic ring is 1. The van der Waals surface area contributed by atoms with Gasteiger partial charge >= 0.3 is 5.97 Å². The number of benzene rings is 1. The predicted molar refractivity (Wildman–Crippen MR) is 225 cm³/mol. The summed E-state index contributed by atoms with van der Waals surface area (Å²) in [5.41, 5.74) is 15.9. The molecule has 6 N–H and O–H groups in total. The van der Waals surface area contributed by atoms with E-state index in [1.54, 1.807) is 4.57 Å². The largest absolute Gasteiger partial charge is 0.487 e. The summed E-state index contributed by atoms with van der Waals surface area (Å²) in [5, 5.41) is 21.7. The van der Waals surface area contributed by atoms with Crippen LogP contribution in [-0.2, 0) is 26.8 Å². The van der Waals surface area contributed by atoms with E-state index < -0.39 is 36.6 Å². The summed E-state index contributed by atoms with van der Waals surface area (Å²) < 4.78 is 20.4. The van der Waals surface area contributed by atoms with Gasteiger partial charge in [0.15, 0.2) is 17.7 Å². The minimum absolute atomic E-state index is 0.206. The smallest absolute Gasteiger partial charge is 0.328 e. The second-order valence-electron chi connectivity index (χ2n) is 17.6. The van der Waals surface area contributed by atoms with E-state index in [4.69, 9.17) is 25.7 Å². The zero-order chi connectivity index (χ0) is 40.7. The van der Waals surface area contributed by atoms with Crippen molar-refractivity contribution in [2.75, 3.05) is 23.5 Å². The van der Waals surface area contributed by atoms with E-state index in [0.717, 1.165) is 65.9 Å². The molecule has 0 saturated carbocycles. The minimum atomic E-state index is -1.18. The van der Waals surface area contributed by atoms with Crippen LogP contribution in [0.15, 0.2) is 18.7 Å². The van der Waals surface area contributed by atoms with Gasteiger partial charge in [0.2, 0.25) is 0 Å². The number of aliphatic hydroxyl groups excluding tert-OH is 2. The SMILES string of the molecule is Cc1c(OC(=O)[C@@H](N)CC[S+](C)C[C@H]2O[C@@H](n3cnc4c(N)ncnc43)[C@H](O)[C@@H]2O)cc2c(c1C)OC(C)(CCCC(C)CCCC(C)CCCC(C)C)CC2. The first-order valence-corrected chi connectivity index (χ1v) is 22.9. The average Bonchev–Trinajstić information content (AvgIpc) is 3.70. The number of aromatic nitrogens is 4. The molecule has 56 heavy (non-hydrogen) atoms. The molecule has 5 rings (SSSR count). The summed E-state index contributed by atoms with van der Waals surface area (Å²) in [5.74, 6) is 4.71. The Hall–Kier alpha value is -2.97. The summed E-state index contributed by atoms with van der Waals surface area (Å²) in [7, 11) is -0.272. The summed E-state index contributed by atoms with van der Waals surface area (Å²) >= 11 is 0. The van der Waals surface area contributed by atoms with Crippen molar-refractivity contribution in [3.8, 4) is 11.5 Å². The van der Waals surface area contributed by atoms with Crippen LogP contribution in [0.1, 0.15) is 128 Å². The molecular weight excluding hydrogens is 729 g/mol. The highest BCUT2D eigenvalue weighted by molar-refractivity contribution is 7.96. The standard InChI is InChI=1S/C43H69N6O6S/c1-26(2)12-9-13-27(3)14-10-15-28(4)16-11-19-43(7)20-17-31-22-33(29(5)30(6)38(31)55-43)54-42(52)32(44)18-21-56(8)23-34-36(50)37(51)41(53-34)49-25-48-35-39(45)46-24-47-40(35)49/h22,24-28,32,34,36-37,41,50-51H,9-21,23,44H2,1-8H3,(H2,45,46,47)/q+1/t27?,28?,32-,34+,36+,37+,41+,43?,56?/m0/s1. The van der Waals surface area contributed by atoms with E-state index in [1.807, 2.05) is 26.2 Å². The summed E-state index contributed by atoms with van der Waals surface area (Å²) in [6.45, 7) is 15.7. The monoisotopic (exact) mass is 797 g/mol. The van der Waals surface area contributed by atoms with Crippen LogP contribution in [0.3, 0.4) is 0 Å². The Morgan fingerprint density at radius 3 is 2.38 bits per heavy atom. The molecule has 1 saturated heterocycles. The number of carbonyl (C=O) groups is 1. The number of nitrogens with two attached hydrogens (primary N) is 2. The van der Waals surface area contributed by atoms with Gasteiger partial charge in [0.1, 0.15) is 64.8 Å². The van der Waals surface area contributed by atoms with Crippen molar-refractivity contribution in [1.82, 2.24) is 19.5 Å². The first-order valence-electron chi connectivity index (χ1n) is 20.9. The summed E-state index contributed by atoms with van der Waals surface area (Å²) in [4.78, 5) is 25.7.